The van der Waals surface area contributed by atoms with Gasteiger partial charge in [0.15, 0.2) is 0 Å². The molecule has 4 rings (SSSR count). The molecule has 7 nitrogen and oxygen atoms in total. The highest BCUT2D eigenvalue weighted by atomic mass is 19.3. The number of hydrogen-bond donors (Lipinski definition) is 1. The van der Waals surface area contributed by atoms with Crippen LogP contribution in [0, 0.1) is 6.92 Å². The molecule has 0 atom stereocenters. The lowest BCUT2D eigenvalue weighted by atomic mass is 10.0. The van der Waals surface area contributed by atoms with Crippen LogP contribution < -0.4 is 14.8 Å². The number of carbonyl (C=O) groups is 2. The number of esters is 1. The van der Waals surface area contributed by atoms with Gasteiger partial charge in [0.05, 0.1) is 18.2 Å². The molecule has 0 aliphatic rings. The van der Waals surface area contributed by atoms with E-state index in [4.69, 9.17) is 9.47 Å². The third-order valence-electron chi connectivity index (χ3n) is 6.04. The van der Waals surface area contributed by atoms with E-state index in [9.17, 15) is 18.4 Å². The second kappa shape index (κ2) is 11.6. The van der Waals surface area contributed by atoms with Crippen LogP contribution in [0.2, 0.25) is 0 Å². The van der Waals surface area contributed by atoms with Gasteiger partial charge in [-0.25, -0.2) is 4.79 Å². The Kier molecular flexibility index (Phi) is 8.06. The SMILES string of the molecule is COC(=O)c1cc(OC(F)F)ccc1-c1cc(C(=O)Nc2ccc(OCc3ccccc3)cc2)c(C)n1C. The summed E-state index contributed by atoms with van der Waals surface area (Å²) < 4.78 is 42.2. The highest BCUT2D eigenvalue weighted by Gasteiger charge is 2.22. The number of methoxy groups -OCH3 is 1. The molecule has 3 aromatic carbocycles. The van der Waals surface area contributed by atoms with Crippen molar-refractivity contribution in [2.75, 3.05) is 12.4 Å². The van der Waals surface area contributed by atoms with Crippen LogP contribution in [0.5, 0.6) is 11.5 Å². The molecule has 0 radical (unpaired) electrons. The lowest BCUT2D eigenvalue weighted by Gasteiger charge is -2.12. The number of nitrogens with zero attached hydrogens (tertiary/aromatic N) is 1. The zero-order valence-corrected chi connectivity index (χ0v) is 21.0. The number of amides is 1. The maximum absolute atomic E-state index is 13.1. The van der Waals surface area contributed by atoms with Crippen molar-refractivity contribution in [1.29, 1.82) is 0 Å². The maximum atomic E-state index is 13.1. The Morgan fingerprint density at radius 2 is 1.61 bits per heavy atom. The first-order chi connectivity index (χ1) is 18.3. The van der Waals surface area contributed by atoms with Gasteiger partial charge >= 0.3 is 12.6 Å². The van der Waals surface area contributed by atoms with E-state index in [1.807, 2.05) is 30.3 Å². The van der Waals surface area contributed by atoms with Crippen LogP contribution in [0.4, 0.5) is 14.5 Å². The summed E-state index contributed by atoms with van der Waals surface area (Å²) in [4.78, 5) is 25.5. The molecule has 0 saturated heterocycles. The molecule has 0 aliphatic carbocycles. The van der Waals surface area contributed by atoms with Gasteiger partial charge in [-0.2, -0.15) is 8.78 Å². The quantitative estimate of drug-likeness (QED) is 0.265. The molecule has 1 N–H and O–H groups in total. The number of anilines is 1. The number of hydrogen-bond acceptors (Lipinski definition) is 5. The molecule has 1 heterocycles. The van der Waals surface area contributed by atoms with E-state index >= 15 is 0 Å². The fraction of sp³-hybridized carbons (Fsp3) is 0.172. The number of benzene rings is 3. The van der Waals surface area contributed by atoms with E-state index in [1.165, 1.54) is 25.3 Å². The number of aromatic nitrogens is 1. The molecule has 196 valence electrons. The highest BCUT2D eigenvalue weighted by Crippen LogP contribution is 2.32. The van der Waals surface area contributed by atoms with Crippen molar-refractivity contribution in [2.24, 2.45) is 7.05 Å². The number of alkyl halides is 2. The predicted octanol–water partition coefficient (Wildman–Crippen LogP) is 6.22. The van der Waals surface area contributed by atoms with E-state index in [0.717, 1.165) is 5.56 Å². The minimum absolute atomic E-state index is 0.0318. The molecule has 0 aliphatic heterocycles. The van der Waals surface area contributed by atoms with Gasteiger partial charge < -0.3 is 24.1 Å². The Bertz CT molecular complexity index is 1430. The van der Waals surface area contributed by atoms with Crippen LogP contribution >= 0.6 is 0 Å². The number of carbonyl (C=O) groups excluding carboxylic acids is 2. The summed E-state index contributed by atoms with van der Waals surface area (Å²) in [5.41, 5.74) is 3.62. The second-order valence-electron chi connectivity index (χ2n) is 8.42. The van der Waals surface area contributed by atoms with Gasteiger partial charge in [0.25, 0.3) is 5.91 Å². The summed E-state index contributed by atoms with van der Waals surface area (Å²) in [6.45, 7) is -0.838. The fourth-order valence-corrected chi connectivity index (χ4v) is 3.96. The number of nitrogens with one attached hydrogen (secondary N) is 1. The first-order valence-electron chi connectivity index (χ1n) is 11.7. The van der Waals surface area contributed by atoms with Gasteiger partial charge in [-0.05, 0) is 61.0 Å². The van der Waals surface area contributed by atoms with Crippen molar-refractivity contribution in [2.45, 2.75) is 20.1 Å². The first kappa shape index (κ1) is 26.4. The van der Waals surface area contributed by atoms with Crippen molar-refractivity contribution < 1.29 is 32.6 Å². The van der Waals surface area contributed by atoms with Gasteiger partial charge in [0.2, 0.25) is 0 Å². The largest absolute Gasteiger partial charge is 0.489 e. The number of rotatable bonds is 9. The smallest absolute Gasteiger partial charge is 0.387 e. The molecular formula is C29H26F2N2O5. The predicted molar refractivity (Wildman–Crippen MR) is 139 cm³/mol. The Morgan fingerprint density at radius 3 is 2.26 bits per heavy atom. The summed E-state index contributed by atoms with van der Waals surface area (Å²) >= 11 is 0. The average molecular weight is 521 g/mol. The third-order valence-corrected chi connectivity index (χ3v) is 6.04. The van der Waals surface area contributed by atoms with Gasteiger partial charge in [-0.15, -0.1) is 0 Å². The fourth-order valence-electron chi connectivity index (χ4n) is 3.96. The summed E-state index contributed by atoms with van der Waals surface area (Å²) in [5, 5.41) is 2.87. The van der Waals surface area contributed by atoms with Crippen molar-refractivity contribution in [3.63, 3.8) is 0 Å². The maximum Gasteiger partial charge on any atom is 0.387 e. The zero-order chi connectivity index (χ0) is 27.2. The Balaban J connectivity index is 1.53. The van der Waals surface area contributed by atoms with Gasteiger partial charge in [-0.1, -0.05) is 30.3 Å². The molecule has 9 heteroatoms. The zero-order valence-electron chi connectivity index (χ0n) is 21.0. The van der Waals surface area contributed by atoms with E-state index in [0.29, 0.717) is 40.6 Å². The van der Waals surface area contributed by atoms with Crippen LogP contribution in [-0.2, 0) is 18.4 Å². The molecule has 1 aromatic heterocycles. The molecule has 0 bridgehead atoms. The second-order valence-corrected chi connectivity index (χ2v) is 8.42. The molecule has 0 fully saturated rings. The van der Waals surface area contributed by atoms with Crippen LogP contribution in [0.3, 0.4) is 0 Å². The molecule has 0 spiro atoms. The lowest BCUT2D eigenvalue weighted by molar-refractivity contribution is -0.0499. The summed E-state index contributed by atoms with van der Waals surface area (Å²) in [7, 11) is 2.94. The number of halogens is 2. The Labute approximate surface area is 218 Å². The monoisotopic (exact) mass is 520 g/mol. The third kappa shape index (κ3) is 6.00. The van der Waals surface area contributed by atoms with E-state index in [2.05, 4.69) is 10.1 Å². The van der Waals surface area contributed by atoms with Crippen molar-refractivity contribution in [3.8, 4) is 22.8 Å². The molecule has 1 amide bonds. The first-order valence-corrected chi connectivity index (χ1v) is 11.7. The van der Waals surface area contributed by atoms with Crippen LogP contribution in [-0.4, -0.2) is 30.2 Å². The van der Waals surface area contributed by atoms with Crippen molar-refractivity contribution >= 4 is 17.6 Å². The van der Waals surface area contributed by atoms with Crippen molar-refractivity contribution in [3.05, 3.63) is 101 Å². The Morgan fingerprint density at radius 1 is 0.921 bits per heavy atom. The summed E-state index contributed by atoms with van der Waals surface area (Å²) in [6, 6.07) is 22.5. The van der Waals surface area contributed by atoms with Crippen LogP contribution in [0.1, 0.15) is 32.0 Å². The van der Waals surface area contributed by atoms with Crippen molar-refractivity contribution in [1.82, 2.24) is 4.57 Å². The van der Waals surface area contributed by atoms with E-state index < -0.39 is 12.6 Å². The summed E-state index contributed by atoms with van der Waals surface area (Å²) in [6.07, 6.45) is 0. The molecule has 0 saturated carbocycles. The minimum Gasteiger partial charge on any atom is -0.489 e. The molecular weight excluding hydrogens is 494 g/mol. The normalized spacial score (nSPS) is 10.8. The van der Waals surface area contributed by atoms with Gasteiger partial charge in [-0.3, -0.25) is 4.79 Å². The Hall–Kier alpha value is -4.66. The lowest BCUT2D eigenvalue weighted by Crippen LogP contribution is -2.12. The molecule has 38 heavy (non-hydrogen) atoms. The summed E-state index contributed by atoms with van der Waals surface area (Å²) in [5.74, 6) is -0.581. The standard InChI is InChI=1S/C29H26F2N2O5/c1-18-24(27(34)32-20-9-11-21(12-10-20)37-17-19-7-5-4-6-8-19)16-26(33(18)2)23-14-13-22(38-29(30)31)15-25(23)28(35)36-3/h4-16,29H,17H2,1-3H3,(H,32,34). The number of ether oxygens (including phenoxy) is 3. The molecule has 4 aromatic rings. The van der Waals surface area contributed by atoms with Gasteiger partial charge in [0.1, 0.15) is 18.1 Å². The highest BCUT2D eigenvalue weighted by molar-refractivity contribution is 6.06. The van der Waals surface area contributed by atoms with Crippen LogP contribution in [0.15, 0.2) is 78.9 Å². The molecule has 0 unspecified atom stereocenters. The van der Waals surface area contributed by atoms with Crippen LogP contribution in [0.25, 0.3) is 11.3 Å². The topological polar surface area (TPSA) is 78.8 Å². The van der Waals surface area contributed by atoms with Gasteiger partial charge in [0, 0.05) is 29.7 Å². The van der Waals surface area contributed by atoms with E-state index in [-0.39, 0.29) is 17.2 Å². The van der Waals surface area contributed by atoms with E-state index in [1.54, 1.807) is 48.9 Å². The minimum atomic E-state index is -3.04. The average Bonchev–Trinajstić information content (AvgIpc) is 3.22.